The first-order valence-electron chi connectivity index (χ1n) is 13.8. The number of benzene rings is 2. The summed E-state index contributed by atoms with van der Waals surface area (Å²) < 4.78 is 29.2. The maximum atomic E-state index is 13.2. The molecule has 212 valence electrons. The molecule has 0 aliphatic carbocycles. The zero-order valence-electron chi connectivity index (χ0n) is 23.7. The zero-order chi connectivity index (χ0) is 28.2. The van der Waals surface area contributed by atoms with Crippen molar-refractivity contribution in [3.8, 4) is 0 Å². The average Bonchev–Trinajstić information content (AvgIpc) is 3.34. The second kappa shape index (κ2) is 12.8. The van der Waals surface area contributed by atoms with Gasteiger partial charge >= 0.3 is 0 Å². The average molecular weight is 572 g/mol. The first-order chi connectivity index (χ1) is 18.5. The number of aromatic nitrogens is 1. The highest BCUT2D eigenvalue weighted by molar-refractivity contribution is 7.89. The number of sulfonamides is 1. The number of aryl methyl sites for hydroxylation is 1. The second-order valence-electron chi connectivity index (χ2n) is 11.1. The topological polar surface area (TPSA) is 85.8 Å². The number of amides is 1. The Morgan fingerprint density at radius 1 is 1.00 bits per heavy atom. The van der Waals surface area contributed by atoms with Crippen LogP contribution in [0.5, 0.6) is 0 Å². The molecular weight excluding hydrogens is 530 g/mol. The van der Waals surface area contributed by atoms with E-state index in [0.717, 1.165) is 43.4 Å². The first kappa shape index (κ1) is 29.5. The molecule has 1 aromatic heterocycles. The monoisotopic (exact) mass is 571 g/mol. The van der Waals surface area contributed by atoms with Crippen LogP contribution in [0.3, 0.4) is 0 Å². The molecule has 3 aromatic rings. The number of carbonyl (C=O) groups excluding carboxylic acids is 1. The van der Waals surface area contributed by atoms with Gasteiger partial charge in [0.15, 0.2) is 5.13 Å². The molecule has 0 bridgehead atoms. The van der Waals surface area contributed by atoms with Gasteiger partial charge in [0.2, 0.25) is 10.0 Å². The summed E-state index contributed by atoms with van der Waals surface area (Å²) in [5, 5.41) is 4.06. The lowest BCUT2D eigenvalue weighted by Crippen LogP contribution is -2.48. The summed E-state index contributed by atoms with van der Waals surface area (Å²) >= 11 is 1.75. The predicted molar refractivity (Wildman–Crippen MR) is 160 cm³/mol. The number of nitrogens with zero attached hydrogens (tertiary/aromatic N) is 4. The van der Waals surface area contributed by atoms with Crippen LogP contribution >= 0.6 is 11.3 Å². The Morgan fingerprint density at radius 3 is 2.23 bits per heavy atom. The Hall–Kier alpha value is -2.53. The molecule has 0 saturated carbocycles. The molecule has 1 fully saturated rings. The van der Waals surface area contributed by atoms with Crippen molar-refractivity contribution >= 4 is 42.6 Å². The van der Waals surface area contributed by atoms with Crippen LogP contribution in [0, 0.1) is 18.8 Å². The van der Waals surface area contributed by atoms with Gasteiger partial charge in [0.1, 0.15) is 0 Å². The summed E-state index contributed by atoms with van der Waals surface area (Å²) in [5.41, 5.74) is 2.76. The third kappa shape index (κ3) is 7.36. The lowest BCUT2D eigenvalue weighted by atomic mass is 10.2. The number of anilines is 1. The molecule has 0 spiro atoms. The maximum Gasteiger partial charge on any atom is 0.251 e. The minimum atomic E-state index is -3.61. The summed E-state index contributed by atoms with van der Waals surface area (Å²) in [7, 11) is -3.61. The molecule has 39 heavy (non-hydrogen) atoms. The van der Waals surface area contributed by atoms with E-state index in [-0.39, 0.29) is 22.6 Å². The fourth-order valence-electron chi connectivity index (χ4n) is 4.81. The van der Waals surface area contributed by atoms with Crippen LogP contribution < -0.4 is 10.2 Å². The Bertz CT molecular complexity index is 1350. The standard InChI is InChI=1S/C29H41N5O3S2/c1-21(2)19-34(20-22(3)4)39(36,37)25-11-9-24(10-12-25)28(35)30-13-14-32-15-17-33(18-16-32)29-31-27-23(5)7-6-8-26(27)38-29/h6-12,21-22H,13-20H2,1-5H3,(H,30,35). The highest BCUT2D eigenvalue weighted by atomic mass is 32.2. The molecule has 0 radical (unpaired) electrons. The smallest absolute Gasteiger partial charge is 0.251 e. The lowest BCUT2D eigenvalue weighted by Gasteiger charge is -2.34. The summed E-state index contributed by atoms with van der Waals surface area (Å²) in [6.45, 7) is 16.1. The third-order valence-corrected chi connectivity index (χ3v) is 9.78. The minimum Gasteiger partial charge on any atom is -0.351 e. The van der Waals surface area contributed by atoms with Crippen LogP contribution in [0.15, 0.2) is 47.4 Å². The largest absolute Gasteiger partial charge is 0.351 e. The number of fused-ring (bicyclic) bond motifs is 1. The molecule has 2 aromatic carbocycles. The van der Waals surface area contributed by atoms with E-state index in [0.29, 0.717) is 25.2 Å². The third-order valence-electron chi connectivity index (χ3n) is 6.86. The molecule has 1 aliphatic heterocycles. The summed E-state index contributed by atoms with van der Waals surface area (Å²) in [5.74, 6) is 0.260. The van der Waals surface area contributed by atoms with Crippen molar-refractivity contribution in [2.24, 2.45) is 11.8 Å². The van der Waals surface area contributed by atoms with E-state index in [9.17, 15) is 13.2 Å². The summed E-state index contributed by atoms with van der Waals surface area (Å²) in [4.78, 5) is 22.5. The van der Waals surface area contributed by atoms with Crippen LogP contribution in [-0.4, -0.2) is 80.9 Å². The van der Waals surface area contributed by atoms with E-state index in [4.69, 9.17) is 4.98 Å². The number of rotatable bonds is 11. The maximum absolute atomic E-state index is 13.2. The van der Waals surface area contributed by atoms with Gasteiger partial charge in [-0.2, -0.15) is 4.31 Å². The predicted octanol–water partition coefficient (Wildman–Crippen LogP) is 4.46. The molecule has 1 aliphatic rings. The number of para-hydroxylation sites is 1. The number of piperazine rings is 1. The fraction of sp³-hybridized carbons (Fsp3) is 0.517. The van der Waals surface area contributed by atoms with E-state index >= 15 is 0 Å². The summed E-state index contributed by atoms with van der Waals surface area (Å²) in [6.07, 6.45) is 0. The van der Waals surface area contributed by atoms with Gasteiger partial charge in [-0.15, -0.1) is 0 Å². The van der Waals surface area contributed by atoms with Crippen molar-refractivity contribution in [3.05, 3.63) is 53.6 Å². The Kier molecular flexibility index (Phi) is 9.64. The van der Waals surface area contributed by atoms with Gasteiger partial charge in [0.25, 0.3) is 5.91 Å². The molecule has 1 amide bonds. The van der Waals surface area contributed by atoms with Crippen molar-refractivity contribution < 1.29 is 13.2 Å². The van der Waals surface area contributed by atoms with E-state index in [1.165, 1.54) is 10.3 Å². The molecule has 10 heteroatoms. The number of thiazole rings is 1. The van der Waals surface area contributed by atoms with Gasteiger partial charge in [-0.3, -0.25) is 9.69 Å². The normalized spacial score (nSPS) is 15.1. The van der Waals surface area contributed by atoms with Crippen LogP contribution in [0.2, 0.25) is 0 Å². The van der Waals surface area contributed by atoms with Crippen LogP contribution in [0.4, 0.5) is 5.13 Å². The van der Waals surface area contributed by atoms with E-state index in [1.807, 2.05) is 27.7 Å². The van der Waals surface area contributed by atoms with Crippen molar-refractivity contribution in [1.29, 1.82) is 0 Å². The Morgan fingerprint density at radius 2 is 1.64 bits per heavy atom. The molecule has 4 rings (SSSR count). The molecule has 1 N–H and O–H groups in total. The van der Waals surface area contributed by atoms with Crippen molar-refractivity contribution in [2.45, 2.75) is 39.5 Å². The van der Waals surface area contributed by atoms with Gasteiger partial charge in [0.05, 0.1) is 15.1 Å². The lowest BCUT2D eigenvalue weighted by molar-refractivity contribution is 0.0947. The van der Waals surface area contributed by atoms with Gasteiger partial charge < -0.3 is 10.2 Å². The number of hydrogen-bond acceptors (Lipinski definition) is 7. The minimum absolute atomic E-state index is 0.191. The Balaban J connectivity index is 1.26. The molecule has 8 nitrogen and oxygen atoms in total. The number of nitrogens with one attached hydrogen (secondary N) is 1. The Labute approximate surface area is 237 Å². The second-order valence-corrected chi connectivity index (χ2v) is 14.1. The van der Waals surface area contributed by atoms with Gasteiger partial charge in [-0.25, -0.2) is 13.4 Å². The first-order valence-corrected chi connectivity index (χ1v) is 16.0. The van der Waals surface area contributed by atoms with Crippen molar-refractivity contribution in [3.63, 3.8) is 0 Å². The molecule has 1 saturated heterocycles. The van der Waals surface area contributed by atoms with Crippen molar-refractivity contribution in [1.82, 2.24) is 19.5 Å². The highest BCUT2D eigenvalue weighted by Crippen LogP contribution is 2.31. The van der Waals surface area contributed by atoms with E-state index < -0.39 is 10.0 Å². The van der Waals surface area contributed by atoms with E-state index in [2.05, 4.69) is 40.2 Å². The quantitative estimate of drug-likeness (QED) is 0.366. The molecule has 0 unspecified atom stereocenters. The van der Waals surface area contributed by atoms with Gasteiger partial charge in [0, 0.05) is 57.9 Å². The number of carbonyl (C=O) groups is 1. The van der Waals surface area contributed by atoms with Gasteiger partial charge in [-0.05, 0) is 54.7 Å². The van der Waals surface area contributed by atoms with Crippen molar-refractivity contribution in [2.75, 3.05) is 57.3 Å². The SMILES string of the molecule is Cc1cccc2sc(N3CCN(CCNC(=O)c4ccc(S(=O)(=O)N(CC(C)C)CC(C)C)cc4)CC3)nc12. The van der Waals surface area contributed by atoms with Gasteiger partial charge in [-0.1, -0.05) is 51.2 Å². The summed E-state index contributed by atoms with van der Waals surface area (Å²) in [6, 6.07) is 12.6. The number of hydrogen-bond donors (Lipinski definition) is 1. The highest BCUT2D eigenvalue weighted by Gasteiger charge is 2.26. The molecule has 0 atom stereocenters. The molecular formula is C29H41N5O3S2. The molecule has 2 heterocycles. The van der Waals surface area contributed by atoms with Crippen LogP contribution in [0.1, 0.15) is 43.6 Å². The zero-order valence-corrected chi connectivity index (χ0v) is 25.3. The van der Waals surface area contributed by atoms with Crippen LogP contribution in [0.25, 0.3) is 10.2 Å². The van der Waals surface area contributed by atoms with E-state index in [1.54, 1.807) is 39.9 Å². The van der Waals surface area contributed by atoms with Crippen LogP contribution in [-0.2, 0) is 10.0 Å². The fourth-order valence-corrected chi connectivity index (χ4v) is 7.68.